The quantitative estimate of drug-likeness (QED) is 0.670. The number of hydrogen-bond donors (Lipinski definition) is 0. The van der Waals surface area contributed by atoms with Crippen molar-refractivity contribution in [3.05, 3.63) is 23.9 Å². The van der Waals surface area contributed by atoms with Crippen molar-refractivity contribution in [3.8, 4) is 0 Å². The predicted molar refractivity (Wildman–Crippen MR) is 57.8 cm³/mol. The molecule has 0 saturated heterocycles. The SMILES string of the molecule is CCCN(CC)c1cccc(C=O)n1. The molecule has 0 amide bonds. The van der Waals surface area contributed by atoms with E-state index < -0.39 is 0 Å². The molecular weight excluding hydrogens is 176 g/mol. The van der Waals surface area contributed by atoms with Crippen molar-refractivity contribution in [1.82, 2.24) is 4.98 Å². The van der Waals surface area contributed by atoms with Crippen LogP contribution in [0.1, 0.15) is 30.8 Å². The highest BCUT2D eigenvalue weighted by molar-refractivity contribution is 5.72. The second-order valence-corrected chi connectivity index (χ2v) is 3.12. The van der Waals surface area contributed by atoms with E-state index in [4.69, 9.17) is 0 Å². The molecule has 3 heteroatoms. The Bertz CT molecular complexity index is 299. The number of aldehydes is 1. The normalized spacial score (nSPS) is 9.86. The van der Waals surface area contributed by atoms with Crippen LogP contribution >= 0.6 is 0 Å². The lowest BCUT2D eigenvalue weighted by Gasteiger charge is -2.20. The van der Waals surface area contributed by atoms with Gasteiger partial charge in [-0.15, -0.1) is 0 Å². The molecule has 0 radical (unpaired) electrons. The maximum Gasteiger partial charge on any atom is 0.168 e. The molecule has 1 heterocycles. The average Bonchev–Trinajstić information content (AvgIpc) is 2.26. The zero-order valence-electron chi connectivity index (χ0n) is 8.73. The van der Waals surface area contributed by atoms with E-state index in [9.17, 15) is 4.79 Å². The summed E-state index contributed by atoms with van der Waals surface area (Å²) in [6.45, 7) is 6.12. The molecule has 0 aromatic carbocycles. The molecule has 14 heavy (non-hydrogen) atoms. The maximum atomic E-state index is 10.5. The number of anilines is 1. The van der Waals surface area contributed by atoms with Gasteiger partial charge in [-0.3, -0.25) is 4.79 Å². The van der Waals surface area contributed by atoms with Crippen LogP contribution in [0.2, 0.25) is 0 Å². The van der Waals surface area contributed by atoms with Gasteiger partial charge in [0.25, 0.3) is 0 Å². The van der Waals surface area contributed by atoms with Crippen LogP contribution in [0.5, 0.6) is 0 Å². The third kappa shape index (κ3) is 2.55. The highest BCUT2D eigenvalue weighted by Gasteiger charge is 2.04. The Hall–Kier alpha value is -1.38. The van der Waals surface area contributed by atoms with Crippen molar-refractivity contribution in [2.75, 3.05) is 18.0 Å². The van der Waals surface area contributed by atoms with Gasteiger partial charge in [0.2, 0.25) is 0 Å². The molecule has 0 aliphatic carbocycles. The first-order valence-corrected chi connectivity index (χ1v) is 4.99. The summed E-state index contributed by atoms with van der Waals surface area (Å²) in [6, 6.07) is 5.52. The summed E-state index contributed by atoms with van der Waals surface area (Å²) in [5.74, 6) is 0.888. The molecule has 0 bridgehead atoms. The Morgan fingerprint density at radius 1 is 1.43 bits per heavy atom. The molecule has 1 rings (SSSR count). The predicted octanol–water partition coefficient (Wildman–Crippen LogP) is 2.13. The molecular formula is C11H16N2O. The molecule has 0 saturated carbocycles. The number of nitrogens with zero attached hydrogens (tertiary/aromatic N) is 2. The summed E-state index contributed by atoms with van der Waals surface area (Å²) in [5.41, 5.74) is 0.497. The van der Waals surface area contributed by atoms with Crippen LogP contribution in [-0.2, 0) is 0 Å². The summed E-state index contributed by atoms with van der Waals surface area (Å²) in [5, 5.41) is 0. The van der Waals surface area contributed by atoms with Gasteiger partial charge in [0.15, 0.2) is 6.29 Å². The fourth-order valence-electron chi connectivity index (χ4n) is 1.39. The Morgan fingerprint density at radius 3 is 2.79 bits per heavy atom. The first kappa shape index (κ1) is 10.7. The summed E-state index contributed by atoms with van der Waals surface area (Å²) in [7, 11) is 0. The molecule has 1 aromatic heterocycles. The fourth-order valence-corrected chi connectivity index (χ4v) is 1.39. The third-order valence-corrected chi connectivity index (χ3v) is 2.08. The average molecular weight is 192 g/mol. The van der Waals surface area contributed by atoms with E-state index in [1.807, 2.05) is 12.1 Å². The minimum Gasteiger partial charge on any atom is -0.357 e. The largest absolute Gasteiger partial charge is 0.357 e. The van der Waals surface area contributed by atoms with Crippen LogP contribution in [0.4, 0.5) is 5.82 Å². The van der Waals surface area contributed by atoms with E-state index in [2.05, 4.69) is 23.7 Å². The summed E-state index contributed by atoms with van der Waals surface area (Å²) >= 11 is 0. The zero-order chi connectivity index (χ0) is 10.4. The number of carbonyl (C=O) groups excluding carboxylic acids is 1. The van der Waals surface area contributed by atoms with E-state index in [1.54, 1.807) is 6.07 Å². The monoisotopic (exact) mass is 192 g/mol. The minimum absolute atomic E-state index is 0.497. The first-order chi connectivity index (χ1) is 6.81. The highest BCUT2D eigenvalue weighted by Crippen LogP contribution is 2.10. The van der Waals surface area contributed by atoms with E-state index >= 15 is 0 Å². The first-order valence-electron chi connectivity index (χ1n) is 4.99. The van der Waals surface area contributed by atoms with Crippen molar-refractivity contribution in [1.29, 1.82) is 0 Å². The topological polar surface area (TPSA) is 33.2 Å². The lowest BCUT2D eigenvalue weighted by molar-refractivity contribution is 0.111. The van der Waals surface area contributed by atoms with Gasteiger partial charge < -0.3 is 4.90 Å². The fraction of sp³-hybridized carbons (Fsp3) is 0.455. The number of rotatable bonds is 5. The van der Waals surface area contributed by atoms with Gasteiger partial charge in [0.05, 0.1) is 0 Å². The summed E-state index contributed by atoms with van der Waals surface area (Å²) in [6.07, 6.45) is 1.87. The molecule has 0 unspecified atom stereocenters. The van der Waals surface area contributed by atoms with Gasteiger partial charge in [-0.05, 0) is 25.5 Å². The molecule has 76 valence electrons. The van der Waals surface area contributed by atoms with Crippen molar-refractivity contribution < 1.29 is 4.79 Å². The van der Waals surface area contributed by atoms with E-state index in [0.29, 0.717) is 5.69 Å². The zero-order valence-corrected chi connectivity index (χ0v) is 8.73. The van der Waals surface area contributed by atoms with Crippen LogP contribution in [0.25, 0.3) is 0 Å². The Morgan fingerprint density at radius 2 is 2.21 bits per heavy atom. The molecule has 0 aliphatic heterocycles. The Balaban J connectivity index is 2.86. The van der Waals surface area contributed by atoms with Crippen LogP contribution < -0.4 is 4.90 Å². The van der Waals surface area contributed by atoms with Crippen molar-refractivity contribution in [3.63, 3.8) is 0 Å². The van der Waals surface area contributed by atoms with Gasteiger partial charge in [-0.2, -0.15) is 0 Å². The Kier molecular flexibility index (Phi) is 4.11. The second kappa shape index (κ2) is 5.37. The van der Waals surface area contributed by atoms with Crippen LogP contribution in [0, 0.1) is 0 Å². The molecule has 0 atom stereocenters. The smallest absolute Gasteiger partial charge is 0.168 e. The van der Waals surface area contributed by atoms with Gasteiger partial charge >= 0.3 is 0 Å². The third-order valence-electron chi connectivity index (χ3n) is 2.08. The molecule has 1 aromatic rings. The number of carbonyl (C=O) groups is 1. The molecule has 0 aliphatic rings. The van der Waals surface area contributed by atoms with Crippen LogP contribution in [0.15, 0.2) is 18.2 Å². The number of aromatic nitrogens is 1. The van der Waals surface area contributed by atoms with Gasteiger partial charge in [0, 0.05) is 13.1 Å². The van der Waals surface area contributed by atoms with E-state index in [1.165, 1.54) is 0 Å². The van der Waals surface area contributed by atoms with Gasteiger partial charge in [-0.25, -0.2) is 4.98 Å². The number of pyridine rings is 1. The minimum atomic E-state index is 0.497. The lowest BCUT2D eigenvalue weighted by atomic mass is 10.3. The molecule has 0 spiro atoms. The second-order valence-electron chi connectivity index (χ2n) is 3.12. The standard InChI is InChI=1S/C11H16N2O/c1-3-8-13(4-2)11-7-5-6-10(9-14)12-11/h5-7,9H,3-4,8H2,1-2H3. The van der Waals surface area contributed by atoms with E-state index in [0.717, 1.165) is 31.6 Å². The molecule has 0 N–H and O–H groups in total. The van der Waals surface area contributed by atoms with Gasteiger partial charge in [0.1, 0.15) is 11.5 Å². The maximum absolute atomic E-state index is 10.5. The van der Waals surface area contributed by atoms with E-state index in [-0.39, 0.29) is 0 Å². The lowest BCUT2D eigenvalue weighted by Crippen LogP contribution is -2.24. The van der Waals surface area contributed by atoms with Gasteiger partial charge in [-0.1, -0.05) is 13.0 Å². The van der Waals surface area contributed by atoms with Crippen LogP contribution in [0.3, 0.4) is 0 Å². The highest BCUT2D eigenvalue weighted by atomic mass is 16.1. The van der Waals surface area contributed by atoms with Crippen molar-refractivity contribution in [2.24, 2.45) is 0 Å². The number of hydrogen-bond acceptors (Lipinski definition) is 3. The molecule has 0 fully saturated rings. The summed E-state index contributed by atoms with van der Waals surface area (Å²) in [4.78, 5) is 16.9. The van der Waals surface area contributed by atoms with Crippen molar-refractivity contribution in [2.45, 2.75) is 20.3 Å². The molecule has 3 nitrogen and oxygen atoms in total. The van der Waals surface area contributed by atoms with Crippen LogP contribution in [-0.4, -0.2) is 24.4 Å². The summed E-state index contributed by atoms with van der Waals surface area (Å²) < 4.78 is 0. The van der Waals surface area contributed by atoms with Crippen molar-refractivity contribution >= 4 is 12.1 Å². The Labute approximate surface area is 84.8 Å².